The number of H-pyrrole nitrogens is 1. The summed E-state index contributed by atoms with van der Waals surface area (Å²) >= 11 is 5.66. The fourth-order valence-electron chi connectivity index (χ4n) is 4.03. The summed E-state index contributed by atoms with van der Waals surface area (Å²) in [4.78, 5) is 18.5. The molecule has 0 saturated carbocycles. The number of carbonyl (C=O) groups excluding carboxylic acids is 1. The van der Waals surface area contributed by atoms with Gasteiger partial charge >= 0.3 is 0 Å². The van der Waals surface area contributed by atoms with E-state index in [0.717, 1.165) is 33.5 Å². The smallest absolute Gasteiger partial charge is 0.256 e. The normalized spacial score (nSPS) is 15.7. The molecule has 1 atom stereocenters. The summed E-state index contributed by atoms with van der Waals surface area (Å²) < 4.78 is 7.89. The van der Waals surface area contributed by atoms with Gasteiger partial charge in [0.25, 0.3) is 5.91 Å². The molecule has 3 aromatic carbocycles. The van der Waals surface area contributed by atoms with Crippen molar-refractivity contribution in [2.75, 3.05) is 7.11 Å². The molecule has 0 bridgehead atoms. The zero-order valence-electron chi connectivity index (χ0n) is 15.8. The summed E-state index contributed by atoms with van der Waals surface area (Å²) in [5.74, 6) is 0.800. The number of methoxy groups -OCH3 is 1. The van der Waals surface area contributed by atoms with Crippen molar-refractivity contribution >= 4 is 29.2 Å². The van der Waals surface area contributed by atoms with Crippen molar-refractivity contribution in [2.45, 2.75) is 12.7 Å². The zero-order chi connectivity index (χ0) is 20.0. The van der Waals surface area contributed by atoms with Gasteiger partial charge in [0.2, 0.25) is 0 Å². The SMILES string of the molecule is COc1ccc(CN2C(=O)c3ccccc3C2n2c(=S)[nH]c3ccccc32)cc1. The third kappa shape index (κ3) is 2.84. The molecule has 1 aliphatic rings. The van der Waals surface area contributed by atoms with Crippen LogP contribution in [0.25, 0.3) is 11.0 Å². The minimum atomic E-state index is -0.301. The van der Waals surface area contributed by atoms with Gasteiger partial charge in [-0.3, -0.25) is 9.36 Å². The Morgan fingerprint density at radius 2 is 1.72 bits per heavy atom. The van der Waals surface area contributed by atoms with Crippen LogP contribution in [0, 0.1) is 4.77 Å². The summed E-state index contributed by atoms with van der Waals surface area (Å²) in [5, 5.41) is 0. The molecule has 5 nitrogen and oxygen atoms in total. The Labute approximate surface area is 173 Å². The van der Waals surface area contributed by atoms with E-state index in [1.165, 1.54) is 0 Å². The highest BCUT2D eigenvalue weighted by Gasteiger charge is 2.38. The van der Waals surface area contributed by atoms with E-state index in [4.69, 9.17) is 17.0 Å². The predicted octanol–water partition coefficient (Wildman–Crippen LogP) is 4.91. The van der Waals surface area contributed by atoms with Gasteiger partial charge < -0.3 is 14.6 Å². The van der Waals surface area contributed by atoms with Crippen molar-refractivity contribution in [3.8, 4) is 5.75 Å². The first kappa shape index (κ1) is 17.7. The number of hydrogen-bond donors (Lipinski definition) is 1. The number of imidazole rings is 1. The molecule has 1 unspecified atom stereocenters. The van der Waals surface area contributed by atoms with Crippen molar-refractivity contribution in [2.24, 2.45) is 0 Å². The second kappa shape index (κ2) is 6.90. The minimum absolute atomic E-state index is 0.00796. The lowest BCUT2D eigenvalue weighted by atomic mass is 10.1. The monoisotopic (exact) mass is 401 g/mol. The van der Waals surface area contributed by atoms with Crippen LogP contribution in [0.2, 0.25) is 0 Å². The van der Waals surface area contributed by atoms with Crippen molar-refractivity contribution in [3.63, 3.8) is 0 Å². The van der Waals surface area contributed by atoms with Crippen molar-refractivity contribution in [3.05, 3.63) is 94.3 Å². The standard InChI is InChI=1S/C23H19N3O2S/c1-28-16-12-10-15(11-13-16)14-25-21(17-6-2-3-7-18(17)22(25)27)26-20-9-5-4-8-19(20)24-23(26)29/h2-13,21H,14H2,1H3,(H,24,29). The Kier molecular flexibility index (Phi) is 4.21. The van der Waals surface area contributed by atoms with E-state index in [1.54, 1.807) is 7.11 Å². The Morgan fingerprint density at radius 3 is 2.52 bits per heavy atom. The Morgan fingerprint density at radius 1 is 1.00 bits per heavy atom. The van der Waals surface area contributed by atoms with Crippen LogP contribution >= 0.6 is 12.2 Å². The predicted molar refractivity (Wildman–Crippen MR) is 115 cm³/mol. The first-order valence-corrected chi connectivity index (χ1v) is 9.80. The van der Waals surface area contributed by atoms with Gasteiger partial charge in [-0.05, 0) is 48.1 Å². The summed E-state index contributed by atoms with van der Waals surface area (Å²) in [6, 6.07) is 23.5. The molecule has 0 fully saturated rings. The van der Waals surface area contributed by atoms with E-state index in [0.29, 0.717) is 11.3 Å². The van der Waals surface area contributed by atoms with Crippen LogP contribution in [-0.2, 0) is 6.54 Å². The molecule has 0 radical (unpaired) electrons. The van der Waals surface area contributed by atoms with Crippen LogP contribution in [0.5, 0.6) is 5.75 Å². The maximum atomic E-state index is 13.3. The molecule has 0 spiro atoms. The van der Waals surface area contributed by atoms with E-state index >= 15 is 0 Å². The van der Waals surface area contributed by atoms with Gasteiger partial charge in [-0.1, -0.05) is 42.5 Å². The summed E-state index contributed by atoms with van der Waals surface area (Å²) in [6.07, 6.45) is -0.301. The third-order valence-corrected chi connectivity index (χ3v) is 5.70. The van der Waals surface area contributed by atoms with E-state index in [-0.39, 0.29) is 12.1 Å². The summed E-state index contributed by atoms with van der Waals surface area (Å²) in [5.41, 5.74) is 4.65. The van der Waals surface area contributed by atoms with Crippen LogP contribution in [0.15, 0.2) is 72.8 Å². The number of aromatic amines is 1. The number of ether oxygens (including phenoxy) is 1. The second-order valence-electron chi connectivity index (χ2n) is 7.06. The number of benzene rings is 3. The fourth-order valence-corrected chi connectivity index (χ4v) is 4.34. The number of hydrogen-bond acceptors (Lipinski definition) is 3. The Hall–Kier alpha value is -3.38. The van der Waals surface area contributed by atoms with Crippen LogP contribution in [0.4, 0.5) is 0 Å². The largest absolute Gasteiger partial charge is 0.497 e. The molecule has 0 aliphatic carbocycles. The number of rotatable bonds is 4. The van der Waals surface area contributed by atoms with Gasteiger partial charge in [-0.25, -0.2) is 0 Å². The fraction of sp³-hybridized carbons (Fsp3) is 0.130. The molecule has 1 aliphatic heterocycles. The molecule has 1 aromatic heterocycles. The van der Waals surface area contributed by atoms with Crippen LogP contribution in [0.3, 0.4) is 0 Å². The topological polar surface area (TPSA) is 50.3 Å². The molecule has 1 amide bonds. The van der Waals surface area contributed by atoms with E-state index in [9.17, 15) is 4.79 Å². The van der Waals surface area contributed by atoms with Gasteiger partial charge in [0.05, 0.1) is 18.1 Å². The van der Waals surface area contributed by atoms with E-state index in [2.05, 4.69) is 4.98 Å². The minimum Gasteiger partial charge on any atom is -0.497 e. The lowest BCUT2D eigenvalue weighted by Gasteiger charge is -2.27. The second-order valence-corrected chi connectivity index (χ2v) is 7.45. The van der Waals surface area contributed by atoms with Crippen molar-refractivity contribution in [1.82, 2.24) is 14.5 Å². The first-order chi connectivity index (χ1) is 14.2. The van der Waals surface area contributed by atoms with E-state index < -0.39 is 0 Å². The number of nitrogens with one attached hydrogen (secondary N) is 1. The molecule has 144 valence electrons. The average Bonchev–Trinajstić information content (AvgIpc) is 3.22. The molecule has 6 heteroatoms. The molecule has 1 N–H and O–H groups in total. The Balaban J connectivity index is 1.65. The van der Waals surface area contributed by atoms with Gasteiger partial charge in [0.1, 0.15) is 11.9 Å². The number of nitrogens with zero attached hydrogens (tertiary/aromatic N) is 2. The number of carbonyl (C=O) groups is 1. The molecule has 0 saturated heterocycles. The van der Waals surface area contributed by atoms with Gasteiger partial charge in [0.15, 0.2) is 4.77 Å². The molecule has 4 aromatic rings. The highest BCUT2D eigenvalue weighted by atomic mass is 32.1. The molecule has 5 rings (SSSR count). The quantitative estimate of drug-likeness (QED) is 0.494. The lowest BCUT2D eigenvalue weighted by molar-refractivity contribution is 0.0686. The highest BCUT2D eigenvalue weighted by Crippen LogP contribution is 2.38. The lowest BCUT2D eigenvalue weighted by Crippen LogP contribution is -2.31. The number of fused-ring (bicyclic) bond motifs is 2. The van der Waals surface area contributed by atoms with Crippen LogP contribution < -0.4 is 4.74 Å². The number of amides is 1. The van der Waals surface area contributed by atoms with E-state index in [1.807, 2.05) is 82.3 Å². The maximum absolute atomic E-state index is 13.3. The van der Waals surface area contributed by atoms with Crippen molar-refractivity contribution in [1.29, 1.82) is 0 Å². The van der Waals surface area contributed by atoms with Crippen molar-refractivity contribution < 1.29 is 9.53 Å². The Bertz CT molecular complexity index is 1270. The molecular weight excluding hydrogens is 382 g/mol. The zero-order valence-corrected chi connectivity index (χ0v) is 16.6. The van der Waals surface area contributed by atoms with Gasteiger partial charge in [-0.15, -0.1) is 0 Å². The van der Waals surface area contributed by atoms with Gasteiger partial charge in [-0.2, -0.15) is 0 Å². The average molecular weight is 401 g/mol. The van der Waals surface area contributed by atoms with Gasteiger partial charge in [0, 0.05) is 17.7 Å². The molecule has 29 heavy (non-hydrogen) atoms. The molecular formula is C23H19N3O2S. The molecule has 2 heterocycles. The van der Waals surface area contributed by atoms with Crippen LogP contribution in [0.1, 0.15) is 27.7 Å². The third-order valence-electron chi connectivity index (χ3n) is 5.41. The first-order valence-electron chi connectivity index (χ1n) is 9.39. The number of para-hydroxylation sites is 2. The highest BCUT2D eigenvalue weighted by molar-refractivity contribution is 7.71. The maximum Gasteiger partial charge on any atom is 0.256 e. The summed E-state index contributed by atoms with van der Waals surface area (Å²) in [7, 11) is 1.64. The summed E-state index contributed by atoms with van der Waals surface area (Å²) in [6.45, 7) is 0.476. The number of aromatic nitrogens is 2. The van der Waals surface area contributed by atoms with Crippen LogP contribution in [-0.4, -0.2) is 27.5 Å².